The fraction of sp³-hybridized carbons (Fsp3) is 0.450. The average Bonchev–Trinajstić information content (AvgIpc) is 2.62. The van der Waals surface area contributed by atoms with Gasteiger partial charge in [0.15, 0.2) is 0 Å². The number of aryl methyl sites for hydroxylation is 1. The lowest BCUT2D eigenvalue weighted by atomic mass is 9.95. The molecule has 0 atom stereocenters. The number of anilines is 2. The van der Waals surface area contributed by atoms with E-state index in [1.165, 1.54) is 0 Å². The molecule has 1 fully saturated rings. The molecule has 0 spiro atoms. The van der Waals surface area contributed by atoms with Crippen LogP contribution in [0, 0.1) is 12.8 Å². The zero-order chi connectivity index (χ0) is 18.5. The average molecular weight is 353 g/mol. The smallest absolute Gasteiger partial charge is 0.227 e. The van der Waals surface area contributed by atoms with Gasteiger partial charge in [-0.3, -0.25) is 9.69 Å². The molecule has 0 radical (unpaired) electrons. The molecule has 138 valence electrons. The molecular formula is C20H27N5O. The second-order valence-electron chi connectivity index (χ2n) is 7.10. The minimum absolute atomic E-state index is 0.0796. The summed E-state index contributed by atoms with van der Waals surface area (Å²) in [4.78, 5) is 25.8. The lowest BCUT2D eigenvalue weighted by Gasteiger charge is -2.31. The molecule has 1 aliphatic heterocycles. The first-order valence-electron chi connectivity index (χ1n) is 9.11. The molecule has 0 saturated carbocycles. The summed E-state index contributed by atoms with van der Waals surface area (Å²) >= 11 is 0. The number of hydrogen-bond donors (Lipinski definition) is 1. The van der Waals surface area contributed by atoms with Crippen molar-refractivity contribution in [3.63, 3.8) is 0 Å². The van der Waals surface area contributed by atoms with Gasteiger partial charge >= 0.3 is 0 Å². The van der Waals surface area contributed by atoms with Crippen molar-refractivity contribution in [2.75, 3.05) is 37.4 Å². The van der Waals surface area contributed by atoms with Gasteiger partial charge in [-0.25, -0.2) is 9.97 Å². The fourth-order valence-electron chi connectivity index (χ4n) is 3.25. The summed E-state index contributed by atoms with van der Waals surface area (Å²) in [6.45, 7) is 4.62. The van der Waals surface area contributed by atoms with Crippen LogP contribution in [0.2, 0.25) is 0 Å². The van der Waals surface area contributed by atoms with E-state index in [4.69, 9.17) is 0 Å². The maximum Gasteiger partial charge on any atom is 0.227 e. The van der Waals surface area contributed by atoms with Crippen LogP contribution < -0.4 is 10.2 Å². The number of carbonyl (C=O) groups excluding carboxylic acids is 1. The summed E-state index contributed by atoms with van der Waals surface area (Å²) < 4.78 is 0. The Kier molecular flexibility index (Phi) is 5.83. The Balaban J connectivity index is 1.53. The number of carbonyl (C=O) groups is 1. The number of aromatic nitrogens is 2. The first-order valence-corrected chi connectivity index (χ1v) is 9.11. The molecule has 2 aromatic rings. The Morgan fingerprint density at radius 2 is 1.88 bits per heavy atom. The largest absolute Gasteiger partial charge is 0.347 e. The topological polar surface area (TPSA) is 61.4 Å². The molecule has 0 aliphatic carbocycles. The van der Waals surface area contributed by atoms with Gasteiger partial charge in [0.05, 0.1) is 5.69 Å². The van der Waals surface area contributed by atoms with Crippen LogP contribution in [-0.2, 0) is 11.3 Å². The number of nitrogens with one attached hydrogen (secondary N) is 1. The molecular weight excluding hydrogens is 326 g/mol. The first-order chi connectivity index (χ1) is 12.5. The molecule has 0 unspecified atom stereocenters. The van der Waals surface area contributed by atoms with Crippen LogP contribution in [0.5, 0.6) is 0 Å². The van der Waals surface area contributed by atoms with E-state index in [9.17, 15) is 4.79 Å². The highest BCUT2D eigenvalue weighted by Crippen LogP contribution is 2.21. The maximum absolute atomic E-state index is 12.4. The van der Waals surface area contributed by atoms with Crippen LogP contribution in [0.4, 0.5) is 11.6 Å². The van der Waals surface area contributed by atoms with E-state index in [0.29, 0.717) is 0 Å². The lowest BCUT2D eigenvalue weighted by Crippen LogP contribution is -2.38. The minimum Gasteiger partial charge on any atom is -0.347 e. The molecule has 0 bridgehead atoms. The van der Waals surface area contributed by atoms with E-state index in [1.807, 2.05) is 62.3 Å². The Morgan fingerprint density at radius 1 is 1.19 bits per heavy atom. The number of likely N-dealkylation sites (tertiary alicyclic amines) is 1. The molecule has 6 nitrogen and oxygen atoms in total. The van der Waals surface area contributed by atoms with Gasteiger partial charge in [0, 0.05) is 37.9 Å². The third-order valence-electron chi connectivity index (χ3n) is 4.68. The van der Waals surface area contributed by atoms with Gasteiger partial charge in [0.25, 0.3) is 0 Å². The van der Waals surface area contributed by atoms with E-state index < -0.39 is 0 Å². The molecule has 1 aromatic carbocycles. The van der Waals surface area contributed by atoms with E-state index >= 15 is 0 Å². The summed E-state index contributed by atoms with van der Waals surface area (Å²) in [6, 6.07) is 11.7. The van der Waals surface area contributed by atoms with Crippen LogP contribution in [-0.4, -0.2) is 48.0 Å². The second-order valence-corrected chi connectivity index (χ2v) is 7.10. The summed E-state index contributed by atoms with van der Waals surface area (Å²) in [5, 5.41) is 3.02. The van der Waals surface area contributed by atoms with Gasteiger partial charge in [0.2, 0.25) is 11.9 Å². The van der Waals surface area contributed by atoms with E-state index in [1.54, 1.807) is 0 Å². The molecule has 1 saturated heterocycles. The van der Waals surface area contributed by atoms with E-state index in [2.05, 4.69) is 20.2 Å². The maximum atomic E-state index is 12.4. The quantitative estimate of drug-likeness (QED) is 0.895. The predicted octanol–water partition coefficient (Wildman–Crippen LogP) is 2.70. The summed E-state index contributed by atoms with van der Waals surface area (Å²) in [5.74, 6) is 0.955. The van der Waals surface area contributed by atoms with Gasteiger partial charge < -0.3 is 10.2 Å². The third-order valence-corrected chi connectivity index (χ3v) is 4.68. The lowest BCUT2D eigenvalue weighted by molar-refractivity contribution is -0.121. The van der Waals surface area contributed by atoms with Crippen LogP contribution in [0.1, 0.15) is 24.2 Å². The Hall–Kier alpha value is -2.47. The minimum atomic E-state index is 0.0796. The summed E-state index contributed by atoms with van der Waals surface area (Å²) in [7, 11) is 3.91. The molecule has 6 heteroatoms. The van der Waals surface area contributed by atoms with Crippen molar-refractivity contribution in [3.8, 4) is 0 Å². The zero-order valence-electron chi connectivity index (χ0n) is 15.8. The van der Waals surface area contributed by atoms with Crippen LogP contribution in [0.3, 0.4) is 0 Å². The molecule has 1 amide bonds. The molecule has 1 aliphatic rings. The highest BCUT2D eigenvalue weighted by molar-refractivity contribution is 5.92. The first kappa shape index (κ1) is 18.3. The number of hydrogen-bond acceptors (Lipinski definition) is 5. The van der Waals surface area contributed by atoms with Crippen molar-refractivity contribution in [2.24, 2.45) is 5.92 Å². The Labute approximate surface area is 155 Å². The van der Waals surface area contributed by atoms with Crippen molar-refractivity contribution in [1.82, 2.24) is 14.9 Å². The van der Waals surface area contributed by atoms with Crippen molar-refractivity contribution in [1.29, 1.82) is 0 Å². The fourth-order valence-corrected chi connectivity index (χ4v) is 3.25. The molecule has 1 N–H and O–H groups in total. The summed E-state index contributed by atoms with van der Waals surface area (Å²) in [5.41, 5.74) is 2.89. The number of nitrogens with zero attached hydrogens (tertiary/aromatic N) is 4. The number of amides is 1. The highest BCUT2D eigenvalue weighted by Gasteiger charge is 2.25. The van der Waals surface area contributed by atoms with E-state index in [0.717, 1.165) is 55.5 Å². The molecule has 3 rings (SSSR count). The van der Waals surface area contributed by atoms with Gasteiger partial charge in [-0.2, -0.15) is 0 Å². The Bertz CT molecular complexity index is 739. The molecule has 2 heterocycles. The van der Waals surface area contributed by atoms with Crippen LogP contribution >= 0.6 is 0 Å². The number of piperidine rings is 1. The second kappa shape index (κ2) is 8.27. The normalized spacial score (nSPS) is 15.7. The molecule has 26 heavy (non-hydrogen) atoms. The Morgan fingerprint density at radius 3 is 2.54 bits per heavy atom. The van der Waals surface area contributed by atoms with Crippen molar-refractivity contribution in [2.45, 2.75) is 26.3 Å². The van der Waals surface area contributed by atoms with Gasteiger partial charge in [-0.1, -0.05) is 18.2 Å². The van der Waals surface area contributed by atoms with Crippen molar-refractivity contribution in [3.05, 3.63) is 47.8 Å². The number of benzene rings is 1. The third kappa shape index (κ3) is 4.79. The highest BCUT2D eigenvalue weighted by atomic mass is 16.1. The zero-order valence-corrected chi connectivity index (χ0v) is 15.8. The number of para-hydroxylation sites is 1. The summed E-state index contributed by atoms with van der Waals surface area (Å²) in [6.07, 6.45) is 1.76. The van der Waals surface area contributed by atoms with Gasteiger partial charge in [-0.15, -0.1) is 0 Å². The van der Waals surface area contributed by atoms with Crippen LogP contribution in [0.25, 0.3) is 0 Å². The van der Waals surface area contributed by atoms with Crippen LogP contribution in [0.15, 0.2) is 36.4 Å². The predicted molar refractivity (Wildman–Crippen MR) is 104 cm³/mol. The standard InChI is InChI=1S/C20H27N5O/c1-15-13-18(23-20(21-15)24(2)3)14-25-11-9-16(10-12-25)19(26)22-17-7-5-4-6-8-17/h4-8,13,16H,9-12,14H2,1-3H3,(H,22,26). The van der Waals surface area contributed by atoms with Crippen molar-refractivity contribution >= 4 is 17.5 Å². The molecule has 1 aromatic heterocycles. The van der Waals surface area contributed by atoms with Gasteiger partial charge in [0.1, 0.15) is 0 Å². The van der Waals surface area contributed by atoms with E-state index in [-0.39, 0.29) is 11.8 Å². The number of rotatable bonds is 5. The SMILES string of the molecule is Cc1cc(CN2CCC(C(=O)Nc3ccccc3)CC2)nc(N(C)C)n1. The van der Waals surface area contributed by atoms with Gasteiger partial charge in [-0.05, 0) is 51.1 Å². The monoisotopic (exact) mass is 353 g/mol. The van der Waals surface area contributed by atoms with Crippen molar-refractivity contribution < 1.29 is 4.79 Å².